The highest BCUT2D eigenvalue weighted by molar-refractivity contribution is 9.10. The molecule has 2 amide bonds. The van der Waals surface area contributed by atoms with Crippen LogP contribution in [-0.2, 0) is 19.1 Å². The Morgan fingerprint density at radius 2 is 1.84 bits per heavy atom. The Labute approximate surface area is 191 Å². The number of hydrazone groups is 1. The molecule has 0 aliphatic rings. The van der Waals surface area contributed by atoms with Gasteiger partial charge in [0.2, 0.25) is 11.8 Å². The average molecular weight is 513 g/mol. The number of esters is 1. The number of carbonyl (C=O) groups excluding carboxylic acids is 3. The van der Waals surface area contributed by atoms with E-state index in [9.17, 15) is 14.4 Å². The van der Waals surface area contributed by atoms with Gasteiger partial charge in [-0.05, 0) is 57.9 Å². The molecule has 0 radical (unpaired) electrons. The third-order valence-electron chi connectivity index (χ3n) is 3.67. The highest BCUT2D eigenvalue weighted by atomic mass is 79.9. The van der Waals surface area contributed by atoms with Gasteiger partial charge >= 0.3 is 5.97 Å². The molecule has 0 fully saturated rings. The Kier molecular flexibility index (Phi) is 9.29. The molecule has 9 nitrogen and oxygen atoms in total. The van der Waals surface area contributed by atoms with Crippen LogP contribution in [0, 0.1) is 0 Å². The van der Waals surface area contributed by atoms with Crippen LogP contribution in [0.5, 0.6) is 11.5 Å². The van der Waals surface area contributed by atoms with Crippen molar-refractivity contribution in [3.8, 4) is 11.5 Å². The number of anilines is 1. The van der Waals surface area contributed by atoms with Gasteiger partial charge in [-0.15, -0.1) is 0 Å². The minimum atomic E-state index is -0.591. The lowest BCUT2D eigenvalue weighted by Gasteiger charge is -2.12. The molecule has 0 saturated carbocycles. The molecule has 0 heterocycles. The minimum Gasteiger partial charge on any atom is -0.493 e. The zero-order valence-corrected chi connectivity index (χ0v) is 19.0. The van der Waals surface area contributed by atoms with Gasteiger partial charge in [-0.25, -0.2) is 10.2 Å². The lowest BCUT2D eigenvalue weighted by atomic mass is 10.2. The van der Waals surface area contributed by atoms with Crippen molar-refractivity contribution in [3.63, 3.8) is 0 Å². The van der Waals surface area contributed by atoms with Gasteiger partial charge in [-0.1, -0.05) is 11.6 Å². The van der Waals surface area contributed by atoms with Crippen molar-refractivity contribution in [1.82, 2.24) is 5.43 Å². The molecule has 0 aliphatic heterocycles. The van der Waals surface area contributed by atoms with E-state index in [0.717, 1.165) is 0 Å². The Morgan fingerprint density at radius 1 is 1.13 bits per heavy atom. The van der Waals surface area contributed by atoms with Gasteiger partial charge in [-0.2, -0.15) is 5.10 Å². The largest absolute Gasteiger partial charge is 0.493 e. The molecule has 0 spiro atoms. The lowest BCUT2D eigenvalue weighted by molar-refractivity contribution is -0.143. The van der Waals surface area contributed by atoms with Gasteiger partial charge < -0.3 is 19.5 Å². The molecule has 0 atom stereocenters. The second kappa shape index (κ2) is 11.9. The Morgan fingerprint density at radius 3 is 2.48 bits per heavy atom. The molecule has 2 aromatic carbocycles. The normalized spacial score (nSPS) is 10.5. The van der Waals surface area contributed by atoms with Crippen LogP contribution < -0.4 is 20.2 Å². The quantitative estimate of drug-likeness (QED) is 0.231. The first-order valence-corrected chi connectivity index (χ1v) is 9.94. The Balaban J connectivity index is 1.92. The Bertz CT molecular complexity index is 982. The maximum absolute atomic E-state index is 11.9. The summed E-state index contributed by atoms with van der Waals surface area (Å²) in [5.41, 5.74) is 3.37. The molecule has 0 bridgehead atoms. The number of benzene rings is 2. The number of nitrogens with zero attached hydrogens (tertiary/aromatic N) is 1. The van der Waals surface area contributed by atoms with Crippen LogP contribution in [0.4, 0.5) is 5.69 Å². The first kappa shape index (κ1) is 24.2. The van der Waals surface area contributed by atoms with E-state index in [1.54, 1.807) is 36.4 Å². The zero-order chi connectivity index (χ0) is 22.8. The maximum Gasteiger partial charge on any atom is 0.343 e. The third kappa shape index (κ3) is 7.91. The lowest BCUT2D eigenvalue weighted by Crippen LogP contribution is -2.24. The predicted octanol–water partition coefficient (Wildman–Crippen LogP) is 3.14. The molecule has 164 valence electrons. The predicted molar refractivity (Wildman–Crippen MR) is 119 cm³/mol. The molecule has 2 N–H and O–H groups in total. The van der Waals surface area contributed by atoms with Gasteiger partial charge in [0.05, 0.1) is 24.9 Å². The summed E-state index contributed by atoms with van der Waals surface area (Å²) in [5.74, 6) is -0.970. The van der Waals surface area contributed by atoms with Crippen LogP contribution in [0.15, 0.2) is 46.0 Å². The summed E-state index contributed by atoms with van der Waals surface area (Å²) in [4.78, 5) is 35.1. The number of hydrogen-bond acceptors (Lipinski definition) is 7. The van der Waals surface area contributed by atoms with Crippen LogP contribution in [0.2, 0.25) is 5.02 Å². The van der Waals surface area contributed by atoms with Crippen LogP contribution in [0.3, 0.4) is 0 Å². The van der Waals surface area contributed by atoms with E-state index in [1.165, 1.54) is 20.4 Å². The molecule has 31 heavy (non-hydrogen) atoms. The van der Waals surface area contributed by atoms with Gasteiger partial charge in [0.1, 0.15) is 6.42 Å². The van der Waals surface area contributed by atoms with Crippen molar-refractivity contribution in [2.75, 3.05) is 26.1 Å². The standard InChI is InChI=1S/C20H19BrClN3O6/c1-29-16-8-12(7-15(21)20(16)31-11-19(28)30-2)10-23-25-18(27)9-17(26)24-14-5-3-13(22)4-6-14/h3-8,10H,9,11H2,1-2H3,(H,24,26)(H,25,27). The smallest absolute Gasteiger partial charge is 0.343 e. The van der Waals surface area contributed by atoms with Crippen molar-refractivity contribution in [2.45, 2.75) is 6.42 Å². The Hall–Kier alpha value is -3.11. The highest BCUT2D eigenvalue weighted by Gasteiger charge is 2.13. The van der Waals surface area contributed by atoms with Crippen molar-refractivity contribution >= 4 is 57.2 Å². The van der Waals surface area contributed by atoms with Crippen molar-refractivity contribution in [2.24, 2.45) is 5.10 Å². The van der Waals surface area contributed by atoms with Crippen molar-refractivity contribution in [3.05, 3.63) is 51.5 Å². The molecule has 2 aromatic rings. The fourth-order valence-corrected chi connectivity index (χ4v) is 2.95. The number of amides is 2. The second-order valence-corrected chi connectivity index (χ2v) is 7.21. The van der Waals surface area contributed by atoms with Crippen molar-refractivity contribution in [1.29, 1.82) is 0 Å². The van der Waals surface area contributed by atoms with E-state index in [2.05, 4.69) is 36.5 Å². The van der Waals surface area contributed by atoms with Gasteiger partial charge in [0, 0.05) is 10.7 Å². The molecule has 0 saturated heterocycles. The summed E-state index contributed by atoms with van der Waals surface area (Å²) in [6, 6.07) is 9.75. The molecule has 0 unspecified atom stereocenters. The highest BCUT2D eigenvalue weighted by Crippen LogP contribution is 2.36. The summed E-state index contributed by atoms with van der Waals surface area (Å²) in [5, 5.41) is 6.95. The first-order valence-electron chi connectivity index (χ1n) is 8.77. The summed E-state index contributed by atoms with van der Waals surface area (Å²) in [6.07, 6.45) is 0.958. The third-order valence-corrected chi connectivity index (χ3v) is 4.51. The maximum atomic E-state index is 11.9. The molecule has 0 aromatic heterocycles. The number of nitrogens with one attached hydrogen (secondary N) is 2. The number of methoxy groups -OCH3 is 2. The topological polar surface area (TPSA) is 115 Å². The van der Waals surface area contributed by atoms with Gasteiger partial charge in [-0.3, -0.25) is 9.59 Å². The average Bonchev–Trinajstić information content (AvgIpc) is 2.73. The zero-order valence-electron chi connectivity index (χ0n) is 16.6. The molecule has 11 heteroatoms. The summed E-state index contributed by atoms with van der Waals surface area (Å²) in [6.45, 7) is -0.285. The first-order chi connectivity index (χ1) is 14.8. The van der Waals surface area contributed by atoms with E-state index in [4.69, 9.17) is 21.1 Å². The van der Waals surface area contributed by atoms with E-state index in [-0.39, 0.29) is 6.61 Å². The van der Waals surface area contributed by atoms with E-state index in [0.29, 0.717) is 32.2 Å². The number of carbonyl (C=O) groups is 3. The minimum absolute atomic E-state index is 0.285. The van der Waals surface area contributed by atoms with Crippen LogP contribution in [0.1, 0.15) is 12.0 Å². The molecule has 2 rings (SSSR count). The fourth-order valence-electron chi connectivity index (χ4n) is 2.25. The van der Waals surface area contributed by atoms with Gasteiger partial charge in [0.25, 0.3) is 0 Å². The summed E-state index contributed by atoms with van der Waals surface area (Å²) < 4.78 is 15.7. The summed E-state index contributed by atoms with van der Waals surface area (Å²) in [7, 11) is 2.70. The van der Waals surface area contributed by atoms with Crippen LogP contribution >= 0.6 is 27.5 Å². The number of hydrogen-bond donors (Lipinski definition) is 2. The molecular weight excluding hydrogens is 494 g/mol. The fraction of sp³-hybridized carbons (Fsp3) is 0.200. The van der Waals surface area contributed by atoms with Crippen molar-refractivity contribution < 1.29 is 28.6 Å². The molecule has 0 aliphatic carbocycles. The van der Waals surface area contributed by atoms with Gasteiger partial charge in [0.15, 0.2) is 18.1 Å². The number of rotatable bonds is 9. The SMILES string of the molecule is COC(=O)COc1c(Br)cc(C=NNC(=O)CC(=O)Nc2ccc(Cl)cc2)cc1OC. The number of ether oxygens (including phenoxy) is 3. The van der Waals surface area contributed by atoms with E-state index in [1.807, 2.05) is 0 Å². The van der Waals surface area contributed by atoms with E-state index >= 15 is 0 Å². The number of halogens is 2. The van der Waals surface area contributed by atoms with E-state index < -0.39 is 24.2 Å². The van der Waals surface area contributed by atoms with Crippen LogP contribution in [0.25, 0.3) is 0 Å². The van der Waals surface area contributed by atoms with Crippen LogP contribution in [-0.4, -0.2) is 44.8 Å². The second-order valence-electron chi connectivity index (χ2n) is 5.92. The summed E-state index contributed by atoms with van der Waals surface area (Å²) >= 11 is 9.12. The molecular formula is C20H19BrClN3O6. The monoisotopic (exact) mass is 511 g/mol.